The van der Waals surface area contributed by atoms with E-state index in [0.717, 1.165) is 0 Å². The Morgan fingerprint density at radius 3 is 2.28 bits per heavy atom. The molecule has 0 aliphatic heterocycles. The number of anilines is 1. The molecule has 2 aromatic rings. The number of nitrogens with one attached hydrogen (secondary N) is 1. The van der Waals surface area contributed by atoms with Crippen molar-refractivity contribution in [1.29, 1.82) is 0 Å². The van der Waals surface area contributed by atoms with Crippen LogP contribution in [-0.4, -0.2) is 50.1 Å². The third-order valence-corrected chi connectivity index (χ3v) is 4.52. The van der Waals surface area contributed by atoms with Crippen LogP contribution in [0.3, 0.4) is 0 Å². The van der Waals surface area contributed by atoms with Crippen LogP contribution in [0, 0.1) is 0 Å². The van der Waals surface area contributed by atoms with Gasteiger partial charge in [0.05, 0.1) is 6.61 Å². The Bertz CT molecular complexity index is 918. The first kappa shape index (κ1) is 24.9. The first-order valence-corrected chi connectivity index (χ1v) is 10.5. The topological polar surface area (TPSA) is 102 Å². The molecule has 9 heteroatoms. The van der Waals surface area contributed by atoms with Gasteiger partial charge in [-0.15, -0.1) is 0 Å². The third-order valence-electron chi connectivity index (χ3n) is 4.27. The van der Waals surface area contributed by atoms with E-state index in [0.29, 0.717) is 22.7 Å². The molecule has 8 nitrogen and oxygen atoms in total. The summed E-state index contributed by atoms with van der Waals surface area (Å²) in [5, 5.41) is 3.23. The number of para-hydroxylation sites is 1. The number of carbonyl (C=O) groups is 4. The Balaban J connectivity index is 1.77. The van der Waals surface area contributed by atoms with Crippen molar-refractivity contribution in [1.82, 2.24) is 5.32 Å². The van der Waals surface area contributed by atoms with Gasteiger partial charge in [0.2, 0.25) is 0 Å². The van der Waals surface area contributed by atoms with Gasteiger partial charge in [-0.25, -0.2) is 0 Å². The van der Waals surface area contributed by atoms with E-state index >= 15 is 0 Å². The predicted octanol–water partition coefficient (Wildman–Crippen LogP) is 2.99. The summed E-state index contributed by atoms with van der Waals surface area (Å²) in [6.45, 7) is 1.34. The van der Waals surface area contributed by atoms with Crippen molar-refractivity contribution >= 4 is 41.0 Å². The smallest absolute Gasteiger partial charge is 0.326 e. The van der Waals surface area contributed by atoms with E-state index in [2.05, 4.69) is 5.32 Å². The zero-order chi connectivity index (χ0) is 23.3. The first-order valence-electron chi connectivity index (χ1n) is 10.1. The predicted molar refractivity (Wildman–Crippen MR) is 119 cm³/mol. The summed E-state index contributed by atoms with van der Waals surface area (Å²) < 4.78 is 9.95. The number of rotatable bonds is 11. The van der Waals surface area contributed by atoms with E-state index in [1.165, 1.54) is 4.90 Å². The second-order valence-electron chi connectivity index (χ2n) is 6.65. The summed E-state index contributed by atoms with van der Waals surface area (Å²) >= 11 is 5.79. The number of nitrogens with zero attached hydrogens (tertiary/aromatic N) is 1. The van der Waals surface area contributed by atoms with E-state index in [1.807, 2.05) is 0 Å². The molecule has 0 aromatic heterocycles. The lowest BCUT2D eigenvalue weighted by molar-refractivity contribution is -0.148. The molecule has 0 aliphatic carbocycles. The Morgan fingerprint density at radius 2 is 1.62 bits per heavy atom. The fourth-order valence-electron chi connectivity index (χ4n) is 2.70. The van der Waals surface area contributed by atoms with E-state index in [9.17, 15) is 19.2 Å². The minimum absolute atomic E-state index is 0.0252. The molecule has 2 rings (SSSR count). The molecule has 1 N–H and O–H groups in total. The molecule has 0 saturated heterocycles. The lowest BCUT2D eigenvalue weighted by atomic mass is 10.2. The van der Waals surface area contributed by atoms with Crippen molar-refractivity contribution < 1.29 is 28.7 Å². The van der Waals surface area contributed by atoms with Gasteiger partial charge in [0, 0.05) is 29.2 Å². The average molecular weight is 461 g/mol. The Hall–Kier alpha value is -3.39. The minimum atomic E-state index is -0.580. The van der Waals surface area contributed by atoms with Crippen LogP contribution in [0.1, 0.15) is 30.1 Å². The summed E-state index contributed by atoms with van der Waals surface area (Å²) in [6.07, 6.45) is 0.370. The fourth-order valence-corrected chi connectivity index (χ4v) is 2.82. The zero-order valence-electron chi connectivity index (χ0n) is 17.7. The van der Waals surface area contributed by atoms with Crippen molar-refractivity contribution in [3.8, 4) is 0 Å². The highest BCUT2D eigenvalue weighted by Crippen LogP contribution is 2.14. The average Bonchev–Trinajstić information content (AvgIpc) is 2.79. The minimum Gasteiger partial charge on any atom is -0.465 e. The van der Waals surface area contributed by atoms with Crippen molar-refractivity contribution in [2.45, 2.75) is 19.8 Å². The molecular formula is C23H25ClN2O6. The number of halogens is 1. The first-order chi connectivity index (χ1) is 15.4. The molecule has 0 atom stereocenters. The normalized spacial score (nSPS) is 10.2. The Morgan fingerprint density at radius 1 is 0.938 bits per heavy atom. The van der Waals surface area contributed by atoms with Gasteiger partial charge < -0.3 is 14.8 Å². The maximum atomic E-state index is 12.6. The van der Waals surface area contributed by atoms with E-state index in [4.69, 9.17) is 21.1 Å². The molecule has 2 amide bonds. The number of amides is 2. The third kappa shape index (κ3) is 8.39. The summed E-state index contributed by atoms with van der Waals surface area (Å²) in [5.74, 6) is -1.97. The van der Waals surface area contributed by atoms with Crippen LogP contribution in [-0.2, 0) is 23.9 Å². The molecule has 0 fully saturated rings. The zero-order valence-corrected chi connectivity index (χ0v) is 18.5. The van der Waals surface area contributed by atoms with Gasteiger partial charge in [-0.1, -0.05) is 29.8 Å². The van der Waals surface area contributed by atoms with Crippen molar-refractivity contribution in [3.63, 3.8) is 0 Å². The summed E-state index contributed by atoms with van der Waals surface area (Å²) in [4.78, 5) is 49.6. The summed E-state index contributed by atoms with van der Waals surface area (Å²) in [5.41, 5.74) is 0.955. The molecule has 170 valence electrons. The largest absolute Gasteiger partial charge is 0.465 e. The number of ether oxygens (including phenoxy) is 2. The highest BCUT2D eigenvalue weighted by atomic mass is 35.5. The van der Waals surface area contributed by atoms with Gasteiger partial charge >= 0.3 is 11.9 Å². The molecular weight excluding hydrogens is 436 g/mol. The number of carbonyl (C=O) groups excluding carboxylic acids is 4. The molecule has 0 aliphatic rings. The van der Waals surface area contributed by atoms with Crippen LogP contribution in [0.25, 0.3) is 0 Å². The number of benzene rings is 2. The van der Waals surface area contributed by atoms with Crippen LogP contribution < -0.4 is 10.2 Å². The quantitative estimate of drug-likeness (QED) is 0.408. The molecule has 0 spiro atoms. The van der Waals surface area contributed by atoms with Crippen LogP contribution in [0.4, 0.5) is 5.69 Å². The molecule has 2 aromatic carbocycles. The number of hydrogen-bond acceptors (Lipinski definition) is 6. The van der Waals surface area contributed by atoms with E-state index in [-0.39, 0.29) is 32.0 Å². The van der Waals surface area contributed by atoms with Crippen LogP contribution in [0.15, 0.2) is 54.6 Å². The van der Waals surface area contributed by atoms with Crippen LogP contribution in [0.2, 0.25) is 5.02 Å². The fraction of sp³-hybridized carbons (Fsp3) is 0.304. The van der Waals surface area contributed by atoms with Crippen molar-refractivity contribution in [2.75, 3.05) is 31.2 Å². The van der Waals surface area contributed by atoms with Crippen LogP contribution >= 0.6 is 11.6 Å². The molecule has 0 unspecified atom stereocenters. The lowest BCUT2D eigenvalue weighted by Gasteiger charge is -2.21. The van der Waals surface area contributed by atoms with Gasteiger partial charge in [0.25, 0.3) is 11.8 Å². The van der Waals surface area contributed by atoms with E-state index in [1.54, 1.807) is 61.5 Å². The van der Waals surface area contributed by atoms with Crippen LogP contribution in [0.5, 0.6) is 0 Å². The van der Waals surface area contributed by atoms with E-state index < -0.39 is 24.5 Å². The van der Waals surface area contributed by atoms with Gasteiger partial charge in [-0.2, -0.15) is 0 Å². The molecule has 0 radical (unpaired) electrons. The Labute approximate surface area is 191 Å². The second-order valence-corrected chi connectivity index (χ2v) is 7.08. The monoisotopic (exact) mass is 460 g/mol. The van der Waals surface area contributed by atoms with Gasteiger partial charge in [0.1, 0.15) is 6.54 Å². The Kier molecular flexibility index (Phi) is 10.2. The summed E-state index contributed by atoms with van der Waals surface area (Å²) in [7, 11) is 0. The SMILES string of the molecule is CCOC(=O)CN(C(=O)COC(=O)CCCNC(=O)c1ccc(Cl)cc1)c1ccccc1. The van der Waals surface area contributed by atoms with Gasteiger partial charge in [-0.3, -0.25) is 24.1 Å². The van der Waals surface area contributed by atoms with Gasteiger partial charge in [0.15, 0.2) is 6.61 Å². The molecule has 32 heavy (non-hydrogen) atoms. The number of esters is 2. The maximum Gasteiger partial charge on any atom is 0.326 e. The molecule has 0 heterocycles. The lowest BCUT2D eigenvalue weighted by Crippen LogP contribution is -2.39. The highest BCUT2D eigenvalue weighted by molar-refractivity contribution is 6.30. The number of hydrogen-bond donors (Lipinski definition) is 1. The maximum absolute atomic E-state index is 12.6. The second kappa shape index (κ2) is 13.1. The summed E-state index contributed by atoms with van der Waals surface area (Å²) in [6, 6.07) is 15.0. The highest BCUT2D eigenvalue weighted by Gasteiger charge is 2.21. The molecule has 0 bridgehead atoms. The van der Waals surface area contributed by atoms with Crippen molar-refractivity contribution in [3.05, 3.63) is 65.2 Å². The van der Waals surface area contributed by atoms with Crippen molar-refractivity contribution in [2.24, 2.45) is 0 Å². The molecule has 0 saturated carbocycles. The standard InChI is InChI=1S/C23H25ClN2O6/c1-2-31-22(29)15-26(19-7-4-3-5-8-19)20(27)16-32-21(28)9-6-14-25-23(30)17-10-12-18(24)13-11-17/h3-5,7-8,10-13H,2,6,9,14-16H2,1H3,(H,25,30). The van der Waals surface area contributed by atoms with Gasteiger partial charge in [-0.05, 0) is 49.7 Å².